The van der Waals surface area contributed by atoms with Gasteiger partial charge in [0.2, 0.25) is 0 Å². The summed E-state index contributed by atoms with van der Waals surface area (Å²) in [7, 11) is -17.3. The van der Waals surface area contributed by atoms with Gasteiger partial charge in [-0.1, -0.05) is 0 Å². The maximum atomic E-state index is 14.8. The van der Waals surface area contributed by atoms with Gasteiger partial charge < -0.3 is 34.5 Å². The molecule has 2 rings (SSSR count). The Hall–Kier alpha value is -1.10. The average molecular weight is 502 g/mol. The number of hydrogen-bond donors (Lipinski definition) is 7. The molecule has 1 fully saturated rings. The smallest absolute Gasteiger partial charge is 0.385 e. The van der Waals surface area contributed by atoms with E-state index in [0.717, 1.165) is 12.3 Å². The van der Waals surface area contributed by atoms with Crippen LogP contribution in [0, 0.1) is 0 Å². The van der Waals surface area contributed by atoms with E-state index in [4.69, 9.17) is 14.7 Å². The second kappa shape index (κ2) is 8.44. The topological polar surface area (TPSA) is 264 Å². The highest BCUT2D eigenvalue weighted by Crippen LogP contribution is 2.66. The highest BCUT2D eigenvalue weighted by Gasteiger charge is 2.57. The molecular weight excluding hydrogens is 488 g/mol. The number of ether oxygens (including phenoxy) is 1. The lowest BCUT2D eigenvalue weighted by molar-refractivity contribution is -0.204. The van der Waals surface area contributed by atoms with Crippen molar-refractivity contribution in [2.24, 2.45) is 0 Å². The third-order valence-electron chi connectivity index (χ3n) is 3.34. The minimum atomic E-state index is -5.87. The van der Waals surface area contributed by atoms with Crippen molar-refractivity contribution in [3.63, 3.8) is 0 Å². The lowest BCUT2D eigenvalue weighted by atomic mass is 10.1. The monoisotopic (exact) mass is 502 g/mol. The zero-order valence-electron chi connectivity index (χ0n) is 14.1. The fourth-order valence-corrected chi connectivity index (χ4v) is 5.23. The molecule has 30 heavy (non-hydrogen) atoms. The third-order valence-corrected chi connectivity index (χ3v) is 7.12. The number of alkyl halides is 1. The first-order valence-electron chi connectivity index (χ1n) is 7.27. The van der Waals surface area contributed by atoms with Crippen LogP contribution >= 0.6 is 23.5 Å². The summed E-state index contributed by atoms with van der Waals surface area (Å²) in [4.78, 5) is 59.7. The van der Waals surface area contributed by atoms with Gasteiger partial charge in [-0.05, 0) is 0 Å². The maximum absolute atomic E-state index is 14.8. The predicted octanol–water partition coefficient (Wildman–Crippen LogP) is -2.20. The van der Waals surface area contributed by atoms with Crippen molar-refractivity contribution in [3.05, 3.63) is 33.1 Å². The van der Waals surface area contributed by atoms with E-state index >= 15 is 0 Å². The van der Waals surface area contributed by atoms with Gasteiger partial charge in [0, 0.05) is 12.3 Å². The molecule has 0 aliphatic carbocycles. The molecule has 6 atom stereocenters. The highest BCUT2D eigenvalue weighted by atomic mass is 31.3. The molecule has 7 N–H and O–H groups in total. The zero-order chi connectivity index (χ0) is 23.1. The summed E-state index contributed by atoms with van der Waals surface area (Å²) in [6.07, 6.45) is -5.83. The van der Waals surface area contributed by atoms with Gasteiger partial charge in [-0.15, -0.1) is 0 Å². The van der Waals surface area contributed by atoms with Gasteiger partial charge in [-0.3, -0.25) is 18.9 Å². The molecule has 0 radical (unpaired) electrons. The Bertz CT molecular complexity index is 1050. The van der Waals surface area contributed by atoms with Crippen LogP contribution in [-0.4, -0.2) is 64.0 Å². The molecule has 0 bridgehead atoms. The van der Waals surface area contributed by atoms with E-state index in [0.29, 0.717) is 4.57 Å². The number of nitrogens with zero attached hydrogens (tertiary/aromatic N) is 1. The minimum Gasteiger partial charge on any atom is -0.385 e. The van der Waals surface area contributed by atoms with Crippen LogP contribution in [0.2, 0.25) is 0 Å². The molecule has 4 unspecified atom stereocenters. The molecule has 1 aliphatic rings. The first-order chi connectivity index (χ1) is 13.4. The summed E-state index contributed by atoms with van der Waals surface area (Å²) in [5, 5.41) is 19.7. The summed E-state index contributed by atoms with van der Waals surface area (Å²) < 4.78 is 64.2. The first kappa shape index (κ1) is 25.2. The molecule has 2 heterocycles. The lowest BCUT2D eigenvalue weighted by Crippen LogP contribution is -2.43. The van der Waals surface area contributed by atoms with E-state index in [1.54, 1.807) is 4.98 Å². The second-order valence-corrected chi connectivity index (χ2v) is 10.0. The van der Waals surface area contributed by atoms with Gasteiger partial charge in [-0.25, -0.2) is 22.9 Å². The van der Waals surface area contributed by atoms with Crippen LogP contribution in [0.25, 0.3) is 0 Å². The Kier molecular flexibility index (Phi) is 7.08. The van der Waals surface area contributed by atoms with Crippen LogP contribution in [0.3, 0.4) is 0 Å². The number of nitrogens with one attached hydrogen (secondary N) is 1. The molecule has 17 nitrogen and oxygen atoms in total. The number of H-pyrrole nitrogens is 1. The van der Waals surface area contributed by atoms with Crippen molar-refractivity contribution in [2.75, 3.05) is 6.61 Å². The molecule has 0 aromatic carbocycles. The van der Waals surface area contributed by atoms with Crippen molar-refractivity contribution in [1.82, 2.24) is 9.55 Å². The Labute approximate surface area is 163 Å². The summed E-state index contributed by atoms with van der Waals surface area (Å²) >= 11 is 0. The van der Waals surface area contributed by atoms with Crippen molar-refractivity contribution in [1.29, 1.82) is 0 Å². The van der Waals surface area contributed by atoms with Crippen LogP contribution in [0.5, 0.6) is 0 Å². The Morgan fingerprint density at radius 1 is 1.13 bits per heavy atom. The Balaban J connectivity index is 2.15. The van der Waals surface area contributed by atoms with Crippen molar-refractivity contribution in [2.45, 2.75) is 24.3 Å². The molecule has 0 spiro atoms. The molecule has 0 amide bonds. The molecule has 172 valence electrons. The van der Waals surface area contributed by atoms with Gasteiger partial charge in [-0.2, -0.15) is 8.62 Å². The van der Waals surface area contributed by atoms with Crippen molar-refractivity contribution >= 4 is 23.5 Å². The molecule has 1 aliphatic heterocycles. The van der Waals surface area contributed by atoms with Gasteiger partial charge in [0.15, 0.2) is 6.23 Å². The van der Waals surface area contributed by atoms with Crippen molar-refractivity contribution < 1.29 is 65.8 Å². The van der Waals surface area contributed by atoms with E-state index in [1.165, 1.54) is 0 Å². The number of aromatic nitrogens is 2. The van der Waals surface area contributed by atoms with E-state index < -0.39 is 65.6 Å². The number of halogens is 1. The number of phosphoric acid groups is 3. The van der Waals surface area contributed by atoms with Crippen molar-refractivity contribution in [3.8, 4) is 0 Å². The van der Waals surface area contributed by atoms with Crippen LogP contribution in [0.15, 0.2) is 21.9 Å². The minimum absolute atomic E-state index is 0.474. The SMILES string of the molecule is O=c1ccn([C@H]2O[C@@](F)(COP(=O)(O)OP(=O)(O)OP(=O)(O)O)C(O)C2O)c(=O)[nH]1. The summed E-state index contributed by atoms with van der Waals surface area (Å²) in [6.45, 7) is -1.75. The maximum Gasteiger partial charge on any atom is 0.490 e. The van der Waals surface area contributed by atoms with Gasteiger partial charge in [0.25, 0.3) is 11.4 Å². The van der Waals surface area contributed by atoms with E-state index in [2.05, 4.69) is 17.9 Å². The number of phosphoric ester groups is 1. The second-order valence-electron chi connectivity index (χ2n) is 5.61. The van der Waals surface area contributed by atoms with Crippen LogP contribution < -0.4 is 11.2 Å². The fourth-order valence-electron chi connectivity index (χ4n) is 2.19. The lowest BCUT2D eigenvalue weighted by Gasteiger charge is -2.24. The number of hydrogen-bond acceptors (Lipinski definition) is 11. The zero-order valence-corrected chi connectivity index (χ0v) is 16.8. The van der Waals surface area contributed by atoms with Gasteiger partial charge in [0.05, 0.1) is 0 Å². The van der Waals surface area contributed by atoms with Crippen LogP contribution in [0.4, 0.5) is 4.39 Å². The number of rotatable bonds is 8. The molecule has 0 saturated carbocycles. The Morgan fingerprint density at radius 2 is 1.73 bits per heavy atom. The number of aliphatic hydroxyl groups excluding tert-OH is 2. The third kappa shape index (κ3) is 6.21. The number of aromatic amines is 1. The predicted molar refractivity (Wildman–Crippen MR) is 87.1 cm³/mol. The molecular formula is C9H14FN2O15P3. The van der Waals surface area contributed by atoms with Gasteiger partial charge in [0.1, 0.15) is 18.8 Å². The molecule has 1 aromatic rings. The quantitative estimate of drug-likeness (QED) is 0.186. The summed E-state index contributed by atoms with van der Waals surface area (Å²) in [6, 6.07) is 0.800. The van der Waals surface area contributed by atoms with Crippen LogP contribution in [0.1, 0.15) is 6.23 Å². The summed E-state index contributed by atoms with van der Waals surface area (Å²) in [5.74, 6) is -3.50. The van der Waals surface area contributed by atoms with E-state index in [-0.39, 0.29) is 0 Å². The van der Waals surface area contributed by atoms with Crippen LogP contribution in [-0.2, 0) is 31.6 Å². The highest BCUT2D eigenvalue weighted by molar-refractivity contribution is 7.66. The Morgan fingerprint density at radius 3 is 2.27 bits per heavy atom. The molecule has 1 aromatic heterocycles. The average Bonchev–Trinajstić information content (AvgIpc) is 2.75. The normalized spacial score (nSPS) is 31.2. The van der Waals surface area contributed by atoms with Gasteiger partial charge >= 0.3 is 29.2 Å². The molecule has 1 saturated heterocycles. The van der Waals surface area contributed by atoms with E-state index in [9.17, 15) is 42.8 Å². The number of aliphatic hydroxyl groups is 2. The van der Waals surface area contributed by atoms with E-state index in [1.807, 2.05) is 0 Å². The standard InChI is InChI=1S/C9H14FN2O15P3/c10-9(3-24-29(20,21)27-30(22,23)26-28(17,18)19)6(15)5(14)7(25-9)12-2-1-4(13)11-8(12)16/h1-2,5-7,14-15H,3H2,(H,20,21)(H,22,23)(H,11,13,16)(H2,17,18,19)/t5?,6?,7-,9-/m0/s1. The molecule has 21 heteroatoms. The first-order valence-corrected chi connectivity index (χ1v) is 11.8. The fraction of sp³-hybridized carbons (Fsp3) is 0.556. The summed E-state index contributed by atoms with van der Waals surface area (Å²) in [5.41, 5.74) is -2.01. The largest absolute Gasteiger partial charge is 0.490 e.